The zero-order valence-corrected chi connectivity index (χ0v) is 17.8. The number of halogens is 1. The van der Waals surface area contributed by atoms with Crippen molar-refractivity contribution in [2.45, 2.75) is 32.7 Å². The summed E-state index contributed by atoms with van der Waals surface area (Å²) < 4.78 is 10.5. The molecule has 0 aliphatic heterocycles. The first-order valence-corrected chi connectivity index (χ1v) is 8.03. The van der Waals surface area contributed by atoms with Crippen LogP contribution in [-0.2, 0) is 4.79 Å². The summed E-state index contributed by atoms with van der Waals surface area (Å²) in [6.45, 7) is 4.52. The Labute approximate surface area is 167 Å². The quantitative estimate of drug-likeness (QED) is 0.313. The predicted octanol–water partition coefficient (Wildman–Crippen LogP) is 2.61. The highest BCUT2D eigenvalue weighted by molar-refractivity contribution is 14.0. The summed E-state index contributed by atoms with van der Waals surface area (Å²) in [5.41, 5.74) is 0.810. The first kappa shape index (κ1) is 23.3. The van der Waals surface area contributed by atoms with Gasteiger partial charge in [-0.2, -0.15) is 0 Å². The first-order valence-electron chi connectivity index (χ1n) is 8.03. The van der Waals surface area contributed by atoms with E-state index in [1.807, 2.05) is 32.0 Å². The van der Waals surface area contributed by atoms with Crippen molar-refractivity contribution >= 4 is 41.5 Å². The van der Waals surface area contributed by atoms with Gasteiger partial charge in [-0.3, -0.25) is 9.79 Å². The lowest BCUT2D eigenvalue weighted by Crippen LogP contribution is -2.37. The molecule has 1 amide bonds. The van der Waals surface area contributed by atoms with Crippen LogP contribution in [0.2, 0.25) is 0 Å². The fourth-order valence-corrected chi connectivity index (χ4v) is 1.97. The Hall–Kier alpha value is -1.71. The number of hydrogen-bond acceptors (Lipinski definition) is 4. The van der Waals surface area contributed by atoms with Gasteiger partial charge in [0.05, 0.1) is 14.2 Å². The molecular formula is C17H29IN4O3. The Balaban J connectivity index is 0.00000576. The lowest BCUT2D eigenvalue weighted by Gasteiger charge is -2.15. The van der Waals surface area contributed by atoms with Crippen molar-refractivity contribution in [1.82, 2.24) is 10.6 Å². The molecular weight excluding hydrogens is 435 g/mol. The Morgan fingerprint density at radius 1 is 1.24 bits per heavy atom. The first-order chi connectivity index (χ1) is 11.5. The molecule has 1 aromatic carbocycles. The van der Waals surface area contributed by atoms with E-state index in [0.29, 0.717) is 30.4 Å². The molecule has 0 aliphatic carbocycles. The van der Waals surface area contributed by atoms with E-state index in [1.165, 1.54) is 0 Å². The average molecular weight is 464 g/mol. The number of benzene rings is 1. The zero-order valence-electron chi connectivity index (χ0n) is 15.5. The number of carbonyl (C=O) groups excluding carboxylic acids is 1. The number of nitrogens with one attached hydrogen (secondary N) is 3. The number of amides is 1. The van der Waals surface area contributed by atoms with Gasteiger partial charge in [-0.25, -0.2) is 0 Å². The molecule has 7 nitrogen and oxygen atoms in total. The molecule has 8 heteroatoms. The molecule has 0 heterocycles. The molecule has 1 unspecified atom stereocenters. The molecule has 1 rings (SSSR count). The summed E-state index contributed by atoms with van der Waals surface area (Å²) in [7, 11) is 4.86. The summed E-state index contributed by atoms with van der Waals surface area (Å²) >= 11 is 0. The smallest absolute Gasteiger partial charge is 0.221 e. The van der Waals surface area contributed by atoms with Gasteiger partial charge in [0.1, 0.15) is 0 Å². The van der Waals surface area contributed by atoms with E-state index in [4.69, 9.17) is 9.47 Å². The molecule has 0 aliphatic rings. The minimum Gasteiger partial charge on any atom is -0.493 e. The number of rotatable bonds is 8. The molecule has 0 aromatic heterocycles. The van der Waals surface area contributed by atoms with E-state index >= 15 is 0 Å². The van der Waals surface area contributed by atoms with Gasteiger partial charge in [-0.15, -0.1) is 24.0 Å². The highest BCUT2D eigenvalue weighted by Crippen LogP contribution is 2.29. The highest BCUT2D eigenvalue weighted by Gasteiger charge is 2.08. The number of nitrogens with zero attached hydrogens (tertiary/aromatic N) is 1. The monoisotopic (exact) mass is 464 g/mol. The second-order valence-electron chi connectivity index (χ2n) is 5.32. The Bertz CT molecular complexity index is 567. The van der Waals surface area contributed by atoms with Crippen molar-refractivity contribution in [1.29, 1.82) is 0 Å². The molecule has 25 heavy (non-hydrogen) atoms. The van der Waals surface area contributed by atoms with Crippen LogP contribution < -0.4 is 25.4 Å². The van der Waals surface area contributed by atoms with E-state index in [9.17, 15) is 4.79 Å². The lowest BCUT2D eigenvalue weighted by molar-refractivity contribution is -0.121. The van der Waals surface area contributed by atoms with E-state index in [1.54, 1.807) is 21.3 Å². The summed E-state index contributed by atoms with van der Waals surface area (Å²) in [5.74, 6) is 1.90. The van der Waals surface area contributed by atoms with Crippen molar-refractivity contribution in [2.75, 3.05) is 33.1 Å². The molecule has 0 fully saturated rings. The second-order valence-corrected chi connectivity index (χ2v) is 5.32. The molecule has 0 spiro atoms. The molecule has 3 N–H and O–H groups in total. The highest BCUT2D eigenvalue weighted by atomic mass is 127. The molecule has 0 saturated carbocycles. The van der Waals surface area contributed by atoms with Crippen molar-refractivity contribution in [3.8, 4) is 11.5 Å². The minimum atomic E-state index is 0. The van der Waals surface area contributed by atoms with Gasteiger partial charge in [0.2, 0.25) is 5.91 Å². The van der Waals surface area contributed by atoms with Gasteiger partial charge in [0.15, 0.2) is 17.5 Å². The van der Waals surface area contributed by atoms with Gasteiger partial charge in [0.25, 0.3) is 0 Å². The van der Waals surface area contributed by atoms with E-state index in [-0.39, 0.29) is 35.9 Å². The van der Waals surface area contributed by atoms with Gasteiger partial charge < -0.3 is 25.4 Å². The van der Waals surface area contributed by atoms with Crippen LogP contribution in [0.5, 0.6) is 11.5 Å². The van der Waals surface area contributed by atoms with Crippen molar-refractivity contribution in [2.24, 2.45) is 4.99 Å². The normalized spacial score (nSPS) is 11.8. The van der Waals surface area contributed by atoms with E-state index < -0.39 is 0 Å². The van der Waals surface area contributed by atoms with Gasteiger partial charge in [-0.05, 0) is 25.5 Å². The average Bonchev–Trinajstić information content (AvgIpc) is 2.60. The lowest BCUT2D eigenvalue weighted by atomic mass is 10.2. The Kier molecular flexibility index (Phi) is 11.8. The van der Waals surface area contributed by atoms with Crippen LogP contribution in [-0.4, -0.2) is 45.7 Å². The summed E-state index contributed by atoms with van der Waals surface area (Å²) in [4.78, 5) is 15.9. The standard InChI is InChI=1S/C17H28N4O3.HI/c1-6-12(2)20-16(22)9-10-19-17(18-3)21-13-7-8-14(23-4)15(11-13)24-5;/h7-8,11-12H,6,9-10H2,1-5H3,(H,20,22)(H2,18,19,21);1H. The SMILES string of the molecule is CCC(C)NC(=O)CCNC(=NC)Nc1ccc(OC)c(OC)c1.I. The van der Waals surface area contributed by atoms with Crippen molar-refractivity contribution < 1.29 is 14.3 Å². The molecule has 0 saturated heterocycles. The topological polar surface area (TPSA) is 84.0 Å². The van der Waals surface area contributed by atoms with Crippen LogP contribution >= 0.6 is 24.0 Å². The summed E-state index contributed by atoms with van der Waals surface area (Å²) in [6.07, 6.45) is 1.30. The maximum absolute atomic E-state index is 11.8. The van der Waals surface area contributed by atoms with Crippen molar-refractivity contribution in [3.05, 3.63) is 18.2 Å². The zero-order chi connectivity index (χ0) is 17.9. The van der Waals surface area contributed by atoms with Gasteiger partial charge in [-0.1, -0.05) is 6.92 Å². The predicted molar refractivity (Wildman–Crippen MR) is 112 cm³/mol. The van der Waals surface area contributed by atoms with E-state index in [0.717, 1.165) is 12.1 Å². The molecule has 0 bridgehead atoms. The maximum atomic E-state index is 11.8. The van der Waals surface area contributed by atoms with Crippen LogP contribution in [0.3, 0.4) is 0 Å². The third-order valence-corrected chi connectivity index (χ3v) is 3.53. The number of guanidine groups is 1. The minimum absolute atomic E-state index is 0. The third-order valence-electron chi connectivity index (χ3n) is 3.53. The van der Waals surface area contributed by atoms with Crippen LogP contribution in [0, 0.1) is 0 Å². The number of carbonyl (C=O) groups is 1. The molecule has 1 aromatic rings. The van der Waals surface area contributed by atoms with Crippen molar-refractivity contribution in [3.63, 3.8) is 0 Å². The van der Waals surface area contributed by atoms with Crippen LogP contribution in [0.25, 0.3) is 0 Å². The Morgan fingerprint density at radius 2 is 1.92 bits per heavy atom. The number of methoxy groups -OCH3 is 2. The number of ether oxygens (including phenoxy) is 2. The fraction of sp³-hybridized carbons (Fsp3) is 0.529. The molecule has 0 radical (unpaired) electrons. The Morgan fingerprint density at radius 3 is 2.48 bits per heavy atom. The molecule has 142 valence electrons. The van der Waals surface area contributed by atoms with Crippen LogP contribution in [0.4, 0.5) is 5.69 Å². The summed E-state index contributed by atoms with van der Waals surface area (Å²) in [6, 6.07) is 5.70. The number of hydrogen-bond donors (Lipinski definition) is 3. The van der Waals surface area contributed by atoms with Crippen LogP contribution in [0.15, 0.2) is 23.2 Å². The second kappa shape index (κ2) is 12.6. The van der Waals surface area contributed by atoms with Gasteiger partial charge >= 0.3 is 0 Å². The third kappa shape index (κ3) is 8.28. The van der Waals surface area contributed by atoms with E-state index in [2.05, 4.69) is 20.9 Å². The fourth-order valence-electron chi connectivity index (χ4n) is 1.97. The largest absolute Gasteiger partial charge is 0.493 e. The number of aliphatic imine (C=N–C) groups is 1. The molecule has 1 atom stereocenters. The maximum Gasteiger partial charge on any atom is 0.221 e. The number of anilines is 1. The summed E-state index contributed by atoms with van der Waals surface area (Å²) in [5, 5.41) is 9.19. The van der Waals surface area contributed by atoms with Crippen LogP contribution in [0.1, 0.15) is 26.7 Å². The van der Waals surface area contributed by atoms with Gasteiger partial charge in [0, 0.05) is 37.8 Å².